The average molecular weight is 450 g/mol. The molecular formula is C25H31N5OS. The molecule has 0 spiro atoms. The quantitative estimate of drug-likeness (QED) is 0.621. The van der Waals surface area contributed by atoms with Crippen molar-refractivity contribution in [2.24, 2.45) is 0 Å². The molecule has 168 valence electrons. The van der Waals surface area contributed by atoms with Crippen molar-refractivity contribution >= 4 is 17.7 Å². The van der Waals surface area contributed by atoms with Crippen LogP contribution in [0.15, 0.2) is 35.4 Å². The predicted octanol–water partition coefficient (Wildman–Crippen LogP) is 3.62. The number of rotatable bonds is 8. The Morgan fingerprint density at radius 2 is 1.81 bits per heavy atom. The van der Waals surface area contributed by atoms with Gasteiger partial charge in [0.2, 0.25) is 0 Å². The summed E-state index contributed by atoms with van der Waals surface area (Å²) >= 11 is 1.42. The van der Waals surface area contributed by atoms with Crippen LogP contribution in [0.25, 0.3) is 0 Å². The van der Waals surface area contributed by atoms with Crippen LogP contribution in [0, 0.1) is 11.3 Å². The summed E-state index contributed by atoms with van der Waals surface area (Å²) < 4.78 is 0. The summed E-state index contributed by atoms with van der Waals surface area (Å²) in [5.41, 5.74) is 4.10. The van der Waals surface area contributed by atoms with Crippen LogP contribution in [-0.2, 0) is 13.1 Å². The second-order valence-corrected chi connectivity index (χ2v) is 9.37. The van der Waals surface area contributed by atoms with Crippen LogP contribution in [0.1, 0.15) is 58.4 Å². The van der Waals surface area contributed by atoms with Gasteiger partial charge in [-0.25, -0.2) is 4.98 Å². The minimum Gasteiger partial charge on any atom is -0.348 e. The first-order chi connectivity index (χ1) is 15.6. The molecule has 2 aromatic rings. The van der Waals surface area contributed by atoms with E-state index in [9.17, 15) is 10.1 Å². The lowest BCUT2D eigenvalue weighted by Crippen LogP contribution is -2.45. The highest BCUT2D eigenvalue weighted by Gasteiger charge is 2.28. The number of likely N-dealkylation sites (N-methyl/N-ethyl adjacent to an activating group) is 1. The molecule has 0 atom stereocenters. The maximum absolute atomic E-state index is 12.9. The first kappa shape index (κ1) is 22.8. The zero-order valence-electron chi connectivity index (χ0n) is 18.9. The molecule has 1 amide bonds. The van der Waals surface area contributed by atoms with Gasteiger partial charge in [-0.3, -0.25) is 9.69 Å². The molecule has 0 radical (unpaired) electrons. The average Bonchev–Trinajstić information content (AvgIpc) is 3.68. The number of amides is 1. The molecule has 4 rings (SSSR count). The molecule has 1 saturated heterocycles. The summed E-state index contributed by atoms with van der Waals surface area (Å²) in [6.07, 6.45) is 4.11. The summed E-state index contributed by atoms with van der Waals surface area (Å²) in [5, 5.41) is 13.3. The fourth-order valence-electron chi connectivity index (χ4n) is 4.13. The number of piperazine rings is 1. The van der Waals surface area contributed by atoms with Crippen LogP contribution >= 0.6 is 11.8 Å². The molecule has 32 heavy (non-hydrogen) atoms. The molecule has 1 saturated carbocycles. The highest BCUT2D eigenvalue weighted by atomic mass is 32.2. The van der Waals surface area contributed by atoms with E-state index in [1.54, 1.807) is 0 Å². The second kappa shape index (κ2) is 10.5. The first-order valence-corrected chi connectivity index (χ1v) is 12.6. The van der Waals surface area contributed by atoms with E-state index in [4.69, 9.17) is 0 Å². The number of carbonyl (C=O) groups is 1. The van der Waals surface area contributed by atoms with Gasteiger partial charge in [0.25, 0.3) is 5.91 Å². The van der Waals surface area contributed by atoms with Gasteiger partial charge >= 0.3 is 0 Å². The lowest BCUT2D eigenvalue weighted by atomic mass is 10.1. The third-order valence-electron chi connectivity index (χ3n) is 6.35. The fourth-order valence-corrected chi connectivity index (χ4v) is 4.68. The van der Waals surface area contributed by atoms with Gasteiger partial charge in [-0.2, -0.15) is 5.26 Å². The van der Waals surface area contributed by atoms with Gasteiger partial charge in [-0.05, 0) is 42.8 Å². The van der Waals surface area contributed by atoms with E-state index in [-0.39, 0.29) is 5.91 Å². The zero-order chi connectivity index (χ0) is 22.5. The number of hydrogen-bond donors (Lipinski definition) is 1. The van der Waals surface area contributed by atoms with Crippen LogP contribution in [-0.4, -0.2) is 59.7 Å². The van der Waals surface area contributed by atoms with E-state index in [0.29, 0.717) is 28.6 Å². The number of nitrogens with zero attached hydrogens (tertiary/aromatic N) is 4. The van der Waals surface area contributed by atoms with Gasteiger partial charge in [-0.1, -0.05) is 31.2 Å². The molecule has 1 aromatic carbocycles. The van der Waals surface area contributed by atoms with Crippen LogP contribution in [0.3, 0.4) is 0 Å². The number of nitriles is 1. The molecule has 0 unspecified atom stereocenters. The van der Waals surface area contributed by atoms with Gasteiger partial charge in [0.15, 0.2) is 0 Å². The summed E-state index contributed by atoms with van der Waals surface area (Å²) in [6, 6.07) is 12.5. The predicted molar refractivity (Wildman–Crippen MR) is 128 cm³/mol. The minimum atomic E-state index is -0.209. The lowest BCUT2D eigenvalue weighted by Gasteiger charge is -2.34. The number of aromatic nitrogens is 1. The Bertz CT molecular complexity index is 989. The van der Waals surface area contributed by atoms with E-state index in [2.05, 4.69) is 57.4 Å². The van der Waals surface area contributed by atoms with E-state index in [1.165, 1.54) is 17.3 Å². The Morgan fingerprint density at radius 1 is 1.16 bits per heavy atom. The number of pyridine rings is 1. The van der Waals surface area contributed by atoms with Crippen LogP contribution in [0.4, 0.5) is 0 Å². The molecule has 7 heteroatoms. The maximum atomic E-state index is 12.9. The number of hydrogen-bond acceptors (Lipinski definition) is 6. The van der Waals surface area contributed by atoms with Crippen molar-refractivity contribution in [3.05, 3.63) is 58.3 Å². The van der Waals surface area contributed by atoms with Crippen molar-refractivity contribution in [1.82, 2.24) is 20.1 Å². The van der Waals surface area contributed by atoms with Gasteiger partial charge in [-0.15, -0.1) is 11.8 Å². The van der Waals surface area contributed by atoms with Crippen LogP contribution in [0.2, 0.25) is 0 Å². The van der Waals surface area contributed by atoms with Crippen molar-refractivity contribution in [3.63, 3.8) is 0 Å². The molecule has 6 nitrogen and oxygen atoms in total. The van der Waals surface area contributed by atoms with Gasteiger partial charge < -0.3 is 10.2 Å². The topological polar surface area (TPSA) is 72.3 Å². The number of thioether (sulfide) groups is 1. The number of carbonyl (C=O) groups excluding carboxylic acids is 1. The van der Waals surface area contributed by atoms with E-state index < -0.39 is 0 Å². The van der Waals surface area contributed by atoms with Gasteiger partial charge in [0, 0.05) is 50.9 Å². The SMILES string of the molecule is CCN1CCN(Cc2ccc(CNC(=O)c3cc(C4CC4)nc(SC)c3C#N)cc2)CC1. The van der Waals surface area contributed by atoms with E-state index in [1.807, 2.05) is 12.3 Å². The minimum absolute atomic E-state index is 0.209. The molecule has 1 aromatic heterocycles. The molecule has 2 heterocycles. The van der Waals surface area contributed by atoms with E-state index in [0.717, 1.165) is 63.4 Å². The lowest BCUT2D eigenvalue weighted by molar-refractivity contribution is 0.0950. The monoisotopic (exact) mass is 449 g/mol. The highest BCUT2D eigenvalue weighted by molar-refractivity contribution is 7.98. The second-order valence-electron chi connectivity index (χ2n) is 8.57. The summed E-state index contributed by atoms with van der Waals surface area (Å²) in [6.45, 7) is 9.26. The van der Waals surface area contributed by atoms with Gasteiger partial charge in [0.05, 0.1) is 11.1 Å². The smallest absolute Gasteiger partial charge is 0.253 e. The molecule has 2 aliphatic rings. The Hall–Kier alpha value is -2.40. The molecule has 0 bridgehead atoms. The highest BCUT2D eigenvalue weighted by Crippen LogP contribution is 2.40. The molecule has 1 aliphatic heterocycles. The van der Waals surface area contributed by atoms with Crippen molar-refractivity contribution in [2.45, 2.75) is 43.8 Å². The van der Waals surface area contributed by atoms with E-state index >= 15 is 0 Å². The summed E-state index contributed by atoms with van der Waals surface area (Å²) in [7, 11) is 0. The first-order valence-electron chi connectivity index (χ1n) is 11.4. The molecular weight excluding hydrogens is 418 g/mol. The molecule has 2 fully saturated rings. The Labute approximate surface area is 195 Å². The third kappa shape index (κ3) is 5.50. The summed E-state index contributed by atoms with van der Waals surface area (Å²) in [5.74, 6) is 0.219. The third-order valence-corrected chi connectivity index (χ3v) is 7.03. The number of benzene rings is 1. The summed E-state index contributed by atoms with van der Waals surface area (Å²) in [4.78, 5) is 22.5. The fraction of sp³-hybridized carbons (Fsp3) is 0.480. The standard InChI is InChI=1S/C25H31N5OS/c1-3-29-10-12-30(13-11-29)17-19-6-4-18(5-7-19)16-27-24(31)21-14-23(20-8-9-20)28-25(32-2)22(21)15-26/h4-7,14,20H,3,8-13,16-17H2,1-2H3,(H,27,31). The van der Waals surface area contributed by atoms with Gasteiger partial charge in [0.1, 0.15) is 11.1 Å². The van der Waals surface area contributed by atoms with Crippen molar-refractivity contribution in [1.29, 1.82) is 5.26 Å². The van der Waals surface area contributed by atoms with Crippen LogP contribution < -0.4 is 5.32 Å². The Kier molecular flexibility index (Phi) is 7.46. The number of nitrogens with one attached hydrogen (secondary N) is 1. The Morgan fingerprint density at radius 3 is 2.41 bits per heavy atom. The molecule has 1 N–H and O–H groups in total. The molecule has 1 aliphatic carbocycles. The van der Waals surface area contributed by atoms with Crippen molar-refractivity contribution in [2.75, 3.05) is 39.0 Å². The zero-order valence-corrected chi connectivity index (χ0v) is 19.7. The largest absolute Gasteiger partial charge is 0.348 e. The van der Waals surface area contributed by atoms with Crippen molar-refractivity contribution < 1.29 is 4.79 Å². The normalized spacial score (nSPS) is 17.2. The Balaban J connectivity index is 1.36. The maximum Gasteiger partial charge on any atom is 0.253 e. The van der Waals surface area contributed by atoms with Crippen LogP contribution in [0.5, 0.6) is 0 Å². The van der Waals surface area contributed by atoms with Crippen molar-refractivity contribution in [3.8, 4) is 6.07 Å².